The molecule has 8 aliphatic rings. The van der Waals surface area contributed by atoms with Gasteiger partial charge in [0, 0.05) is 107 Å². The second-order valence-electron chi connectivity index (χ2n) is 26.8. The number of carboxylic acid groups (broad SMARTS) is 1. The van der Waals surface area contributed by atoms with E-state index < -0.39 is 72.4 Å². The number of amides is 3. The largest absolute Gasteiger partial charge is 0.478 e. The summed E-state index contributed by atoms with van der Waals surface area (Å²) in [5.41, 5.74) is -0.00382. The van der Waals surface area contributed by atoms with Gasteiger partial charge in [-0.05, 0) is 189 Å². The molecule has 0 saturated carbocycles. The number of halogens is 6. The van der Waals surface area contributed by atoms with Crippen LogP contribution in [-0.2, 0) is 54.8 Å². The van der Waals surface area contributed by atoms with Crippen molar-refractivity contribution in [1.29, 1.82) is 0 Å². The topological polar surface area (TPSA) is 240 Å². The number of likely N-dealkylation sites (tertiary alicyclic amines) is 2. The summed E-state index contributed by atoms with van der Waals surface area (Å²) < 4.78 is 134. The third-order valence-corrected chi connectivity index (χ3v) is 24.1. The number of sulfonamides is 2. The van der Waals surface area contributed by atoms with Gasteiger partial charge in [-0.1, -0.05) is 36.4 Å². The van der Waals surface area contributed by atoms with Crippen LogP contribution in [0, 0.1) is 13.8 Å². The van der Waals surface area contributed by atoms with Crippen molar-refractivity contribution in [2.45, 2.75) is 114 Å². The van der Waals surface area contributed by atoms with Gasteiger partial charge in [0.15, 0.2) is 0 Å². The Morgan fingerprint density at radius 3 is 1.32 bits per heavy atom. The van der Waals surface area contributed by atoms with E-state index in [0.29, 0.717) is 30.3 Å². The Hall–Kier alpha value is -6.70. The number of aromatic carboxylic acids is 1. The van der Waals surface area contributed by atoms with Gasteiger partial charge >= 0.3 is 18.3 Å². The zero-order chi connectivity index (χ0) is 69.7. The molecule has 97 heavy (non-hydrogen) atoms. The molecule has 0 atom stereocenters. The van der Waals surface area contributed by atoms with E-state index in [4.69, 9.17) is 5.11 Å². The number of hydrogen-bond donors (Lipinski definition) is 4. The molecule has 4 aromatic rings. The first-order valence-corrected chi connectivity index (χ1v) is 36.5. The van der Waals surface area contributed by atoms with Gasteiger partial charge in [-0.2, -0.15) is 26.3 Å². The first kappa shape index (κ1) is 73.0. The number of hydrogen-bond acceptors (Lipinski definition) is 15. The first-order valence-electron chi connectivity index (χ1n) is 33.3. The Balaban J connectivity index is 0.000000182. The number of rotatable bonds is 14. The first-order chi connectivity index (χ1) is 45.9. The number of aliphatic imine (C=N–C) groups is 2. The number of carbonyl (C=O) groups excluding carboxylic acids is 3. The van der Waals surface area contributed by atoms with Crippen molar-refractivity contribution >= 4 is 55.4 Å². The van der Waals surface area contributed by atoms with E-state index in [1.165, 1.54) is 97.1 Å². The second kappa shape index (κ2) is 30.4. The molecule has 528 valence electrons. The molecule has 0 aromatic heterocycles. The SMILES string of the molecule is CN1CCC(N2CCNCC2)CC1.Cc1cc(C(=O)N2CCN(C3CCN(C)CC3)CC2)ccc1CCS(=O)(=O)N1CCC2(CC1)N=C(c1cccc(C(F)(F)F)c1)NC2=O.Cc1cc(C(=O)O)ccc1CCS(=O)(=O)N1CCC2(CC1)N=C(c1cccc(C(F)(F)F)c1)NC2=O. The third-order valence-electron chi connectivity index (χ3n) is 20.4. The molecule has 0 unspecified atom stereocenters. The van der Waals surface area contributed by atoms with Crippen molar-refractivity contribution in [3.05, 3.63) is 141 Å². The standard InChI is InChI=1S/C34H43F3N6O4S.C24H24F3N3O5S.C10H21N3/c1-24-22-27(31(44)42-19-17-41(18-20-42)29-8-13-40(2)14-9-29)7-6-25(24)10-21-48(46,47)43-15-11-33(12-16-43)32(45)38-30(39-33)26-4-3-5-28(23-26)34(35,36)37;1-15-13-18(21(31)32)6-5-16(15)7-12-36(34,35)30-10-8-23(9-11-30)22(33)28-20(29-23)17-3-2-4-19(14-17)24(25,26)27;1-12-6-2-10(3-7-12)13-8-4-11-5-9-13/h3-7,22-23,29H,8-21H2,1-2H3,(H,38,39,45);2-6,13-14H,7-12H2,1H3,(H,31,32)(H,28,29,33);10-11H,2-9H2,1H3. The van der Waals surface area contributed by atoms with Gasteiger partial charge in [0.05, 0.1) is 28.2 Å². The van der Waals surface area contributed by atoms with E-state index in [2.05, 4.69) is 59.6 Å². The summed E-state index contributed by atoms with van der Waals surface area (Å²) in [5.74, 6) is -2.16. The molecule has 12 rings (SSSR count). The number of carbonyl (C=O) groups is 4. The lowest BCUT2D eigenvalue weighted by Crippen LogP contribution is -2.54. The lowest BCUT2D eigenvalue weighted by atomic mass is 9.89. The number of alkyl halides is 6. The van der Waals surface area contributed by atoms with Gasteiger partial charge in [-0.25, -0.2) is 30.2 Å². The molecule has 4 aromatic carbocycles. The maximum absolute atomic E-state index is 13.3. The average molecular weight is 1400 g/mol. The van der Waals surface area contributed by atoms with Gasteiger partial charge in [0.25, 0.3) is 17.7 Å². The van der Waals surface area contributed by atoms with Crippen LogP contribution in [-0.4, -0.2) is 244 Å². The maximum atomic E-state index is 13.3. The highest BCUT2D eigenvalue weighted by Crippen LogP contribution is 2.37. The molecule has 21 nitrogen and oxygen atoms in total. The lowest BCUT2D eigenvalue weighted by Gasteiger charge is -2.42. The minimum atomic E-state index is -4.53. The second-order valence-corrected chi connectivity index (χ2v) is 30.9. The Morgan fingerprint density at radius 2 is 0.928 bits per heavy atom. The van der Waals surface area contributed by atoms with Crippen molar-refractivity contribution < 1.29 is 67.5 Å². The van der Waals surface area contributed by atoms with Crippen LogP contribution >= 0.6 is 0 Å². The molecule has 8 aliphatic heterocycles. The van der Waals surface area contributed by atoms with Crippen LogP contribution in [0.2, 0.25) is 0 Å². The molecule has 29 heteroatoms. The van der Waals surface area contributed by atoms with Crippen molar-refractivity contribution in [2.24, 2.45) is 9.98 Å². The van der Waals surface area contributed by atoms with Crippen LogP contribution in [0.1, 0.15) is 117 Å². The summed E-state index contributed by atoms with van der Waals surface area (Å²) in [7, 11) is -2.94. The Morgan fingerprint density at radius 1 is 0.536 bits per heavy atom. The summed E-state index contributed by atoms with van der Waals surface area (Å²) in [5, 5.41) is 17.7. The molecule has 0 radical (unpaired) electrons. The smallest absolute Gasteiger partial charge is 0.416 e. The fourth-order valence-electron chi connectivity index (χ4n) is 14.1. The highest BCUT2D eigenvalue weighted by atomic mass is 32.2. The average Bonchev–Trinajstić information content (AvgIpc) is 1.64. The van der Waals surface area contributed by atoms with Crippen molar-refractivity contribution in [3.8, 4) is 0 Å². The van der Waals surface area contributed by atoms with Crippen LogP contribution in [0.25, 0.3) is 0 Å². The van der Waals surface area contributed by atoms with Gasteiger partial charge in [-0.3, -0.25) is 34.2 Å². The molecule has 0 bridgehead atoms. The predicted octanol–water partition coefficient (Wildman–Crippen LogP) is 6.13. The monoisotopic (exact) mass is 1390 g/mol. The fourth-order valence-corrected chi connectivity index (χ4v) is 17.1. The van der Waals surface area contributed by atoms with Crippen LogP contribution in [0.4, 0.5) is 26.3 Å². The van der Waals surface area contributed by atoms with Crippen LogP contribution in [0.5, 0.6) is 0 Å². The fraction of sp³-hybridized carbons (Fsp3) is 0.559. The molecule has 4 N–H and O–H groups in total. The molecular weight excluding hydrogens is 1310 g/mol. The van der Waals surface area contributed by atoms with Gasteiger partial charge in [0.1, 0.15) is 22.7 Å². The van der Waals surface area contributed by atoms with Gasteiger partial charge < -0.3 is 35.8 Å². The van der Waals surface area contributed by atoms with Crippen LogP contribution in [0.15, 0.2) is 94.9 Å². The molecule has 3 amide bonds. The molecule has 8 heterocycles. The number of piperidine rings is 4. The third kappa shape index (κ3) is 17.8. The zero-order valence-corrected chi connectivity index (χ0v) is 57.0. The van der Waals surface area contributed by atoms with E-state index in [1.54, 1.807) is 19.1 Å². The summed E-state index contributed by atoms with van der Waals surface area (Å²) >= 11 is 0. The number of piperazine rings is 2. The molecular formula is C68H88F6N12O9S2. The van der Waals surface area contributed by atoms with Crippen LogP contribution < -0.4 is 16.0 Å². The van der Waals surface area contributed by atoms with E-state index in [1.807, 2.05) is 24.0 Å². The van der Waals surface area contributed by atoms with Crippen molar-refractivity contribution in [3.63, 3.8) is 0 Å². The Bertz CT molecular complexity index is 3810. The number of amidine groups is 2. The number of nitrogens with one attached hydrogen (secondary N) is 3. The minimum Gasteiger partial charge on any atom is -0.478 e. The van der Waals surface area contributed by atoms with Gasteiger partial charge in [0.2, 0.25) is 20.0 Å². The summed E-state index contributed by atoms with van der Waals surface area (Å²) in [6.07, 6.45) is -3.05. The van der Waals surface area contributed by atoms with Crippen molar-refractivity contribution in [2.75, 3.05) is 130 Å². The summed E-state index contributed by atoms with van der Waals surface area (Å²) in [6, 6.07) is 20.6. The molecule has 6 saturated heterocycles. The number of nitrogens with zero attached hydrogens (tertiary/aromatic N) is 9. The Labute approximate surface area is 563 Å². The van der Waals surface area contributed by atoms with E-state index >= 15 is 0 Å². The van der Waals surface area contributed by atoms with E-state index in [0.717, 1.165) is 86.0 Å². The lowest BCUT2D eigenvalue weighted by molar-refractivity contribution is -0.138. The van der Waals surface area contributed by atoms with E-state index in [-0.39, 0.29) is 110 Å². The molecule has 0 aliphatic carbocycles. The Kier molecular flexibility index (Phi) is 22.9. The predicted molar refractivity (Wildman–Crippen MR) is 357 cm³/mol. The van der Waals surface area contributed by atoms with Crippen molar-refractivity contribution in [1.82, 2.24) is 49.1 Å². The maximum Gasteiger partial charge on any atom is 0.416 e. The normalized spacial score (nSPS) is 21.5. The van der Waals surface area contributed by atoms with E-state index in [9.17, 15) is 62.4 Å². The highest BCUT2D eigenvalue weighted by molar-refractivity contribution is 7.89. The zero-order valence-electron chi connectivity index (χ0n) is 55.4. The van der Waals surface area contributed by atoms with Gasteiger partial charge in [-0.15, -0.1) is 0 Å². The minimum absolute atomic E-state index is 0.00244. The number of aryl methyl sites for hydroxylation is 4. The quantitative estimate of drug-likeness (QED) is 0.104. The molecule has 2 spiro atoms. The molecule has 6 fully saturated rings. The number of carboxylic acids is 1. The summed E-state index contributed by atoms with van der Waals surface area (Å²) in [4.78, 5) is 70.9. The van der Waals surface area contributed by atoms with Crippen LogP contribution in [0.3, 0.4) is 0 Å². The highest BCUT2D eigenvalue weighted by Gasteiger charge is 2.49. The number of benzene rings is 4. The summed E-state index contributed by atoms with van der Waals surface area (Å²) in [6.45, 7) is 16.7.